The van der Waals surface area contributed by atoms with Crippen molar-refractivity contribution < 1.29 is 41.7 Å². The van der Waals surface area contributed by atoms with Crippen LogP contribution in [0.15, 0.2) is 71.2 Å². The van der Waals surface area contributed by atoms with Gasteiger partial charge < -0.3 is 25.4 Å². The summed E-state index contributed by atoms with van der Waals surface area (Å²) < 4.78 is 46.6. The van der Waals surface area contributed by atoms with Gasteiger partial charge in [0.2, 0.25) is 5.60 Å². The van der Waals surface area contributed by atoms with Crippen LogP contribution < -0.4 is 11.1 Å². The third-order valence-corrected chi connectivity index (χ3v) is 9.28. The number of benzene rings is 2. The normalized spacial score (nSPS) is 16.4. The number of oxime groups is 1. The van der Waals surface area contributed by atoms with E-state index in [1.54, 1.807) is 55.6 Å². The topological polar surface area (TPSA) is 243 Å². The van der Waals surface area contributed by atoms with Gasteiger partial charge in [-0.3, -0.25) is 14.1 Å². The van der Waals surface area contributed by atoms with Gasteiger partial charge in [0.05, 0.1) is 6.42 Å². The zero-order valence-electron chi connectivity index (χ0n) is 27.1. The van der Waals surface area contributed by atoms with Crippen molar-refractivity contribution >= 4 is 67.5 Å². The van der Waals surface area contributed by atoms with E-state index in [-0.39, 0.29) is 26.6 Å². The summed E-state index contributed by atoms with van der Waals surface area (Å²) in [7, 11) is -3.48. The van der Waals surface area contributed by atoms with E-state index >= 15 is 0 Å². The highest BCUT2D eigenvalue weighted by molar-refractivity contribution is 7.84. The molecule has 0 aliphatic carbocycles. The van der Waals surface area contributed by atoms with Gasteiger partial charge in [-0.25, -0.2) is 18.8 Å². The first-order valence-electron chi connectivity index (χ1n) is 14.9. The van der Waals surface area contributed by atoms with Crippen molar-refractivity contribution in [1.82, 2.24) is 34.8 Å². The summed E-state index contributed by atoms with van der Waals surface area (Å²) in [5.41, 5.74) is 4.84. The van der Waals surface area contributed by atoms with E-state index in [4.69, 9.17) is 32.3 Å². The van der Waals surface area contributed by atoms with Gasteiger partial charge in [0, 0.05) is 12.4 Å². The van der Waals surface area contributed by atoms with Crippen LogP contribution in [0, 0.1) is 0 Å². The van der Waals surface area contributed by atoms with Gasteiger partial charge in [0.15, 0.2) is 27.8 Å². The standard InChI is InChI=1S/C30H31N9O9S3/c1-30(2,28(42)47-25(17-10-6-4-7-11-17)18-12-8-5-9-13-18)48-35-23(19-16-50-29(31)32-19)26(40)33-24-20(39(27(24)41)51(43,44)45)15-46-22(49)14-21-34-36-37-38(21)3/h4-13,16,20,24-25H,14-15H2,1-3H3,(H2,31,32)(H,33,40)(H,43,44,45)/t20-,24+/m1/s1. The van der Waals surface area contributed by atoms with E-state index in [0.29, 0.717) is 17.0 Å². The number of nitrogens with one attached hydrogen (secondary N) is 1. The molecule has 1 fully saturated rings. The zero-order chi connectivity index (χ0) is 36.9. The number of hydrogen-bond donors (Lipinski definition) is 3. The van der Waals surface area contributed by atoms with Crippen LogP contribution in [-0.2, 0) is 52.5 Å². The molecule has 0 spiro atoms. The molecule has 1 saturated heterocycles. The molecule has 0 saturated carbocycles. The Morgan fingerprint density at radius 3 is 2.29 bits per heavy atom. The lowest BCUT2D eigenvalue weighted by molar-refractivity contribution is -0.172. The van der Waals surface area contributed by atoms with Gasteiger partial charge in [0.25, 0.3) is 11.8 Å². The molecule has 2 amide bonds. The molecule has 2 atom stereocenters. The Labute approximate surface area is 300 Å². The highest BCUT2D eigenvalue weighted by Crippen LogP contribution is 2.29. The van der Waals surface area contributed by atoms with Crippen molar-refractivity contribution in [3.63, 3.8) is 0 Å². The molecule has 21 heteroatoms. The maximum Gasteiger partial charge on any atom is 0.362 e. The number of nitrogen functional groups attached to an aromatic ring is 1. The number of carbonyl (C=O) groups is 3. The number of ether oxygens (including phenoxy) is 2. The first kappa shape index (κ1) is 36.9. The molecule has 5 rings (SSSR count). The van der Waals surface area contributed by atoms with Crippen LogP contribution >= 0.6 is 23.6 Å². The average Bonchev–Trinajstić information content (AvgIpc) is 3.71. The number of tetrazole rings is 1. The highest BCUT2D eigenvalue weighted by atomic mass is 32.2. The van der Waals surface area contributed by atoms with E-state index in [0.717, 1.165) is 11.3 Å². The fourth-order valence-electron chi connectivity index (χ4n) is 4.72. The number of amides is 2. The number of anilines is 1. The van der Waals surface area contributed by atoms with Crippen molar-refractivity contribution in [2.24, 2.45) is 12.2 Å². The van der Waals surface area contributed by atoms with Gasteiger partial charge in [-0.05, 0) is 47.6 Å². The van der Waals surface area contributed by atoms with Crippen LogP contribution in [0.25, 0.3) is 0 Å². The number of aromatic nitrogens is 5. The fraction of sp³-hybridized carbons (Fsp3) is 0.300. The molecule has 1 aliphatic heterocycles. The Kier molecular flexibility index (Phi) is 11.0. The predicted molar refractivity (Wildman–Crippen MR) is 184 cm³/mol. The van der Waals surface area contributed by atoms with Crippen molar-refractivity contribution in [1.29, 1.82) is 0 Å². The molecular weight excluding hydrogens is 727 g/mol. The summed E-state index contributed by atoms with van der Waals surface area (Å²) in [5.74, 6) is -2.71. The second-order valence-electron chi connectivity index (χ2n) is 11.4. The number of esters is 1. The minimum atomic E-state index is -5.06. The predicted octanol–water partition coefficient (Wildman–Crippen LogP) is 1.17. The summed E-state index contributed by atoms with van der Waals surface area (Å²) >= 11 is 6.16. The smallest absolute Gasteiger partial charge is 0.362 e. The maximum atomic E-state index is 13.6. The lowest BCUT2D eigenvalue weighted by Gasteiger charge is -2.43. The summed E-state index contributed by atoms with van der Waals surface area (Å²) in [4.78, 5) is 49.7. The number of thiazole rings is 1. The zero-order valence-corrected chi connectivity index (χ0v) is 29.6. The molecule has 268 valence electrons. The van der Waals surface area contributed by atoms with Crippen LogP contribution in [-0.4, -0.2) is 95.3 Å². The third-order valence-electron chi connectivity index (χ3n) is 7.40. The van der Waals surface area contributed by atoms with Crippen LogP contribution in [0.1, 0.15) is 42.6 Å². The molecule has 0 radical (unpaired) electrons. The molecular formula is C30H31N9O9S3. The fourth-order valence-corrected chi connectivity index (χ4v) is 6.33. The van der Waals surface area contributed by atoms with E-state index in [1.807, 2.05) is 12.1 Å². The second-order valence-corrected chi connectivity index (χ2v) is 14.1. The molecule has 4 aromatic rings. The number of carbonyl (C=O) groups excluding carboxylic acids is 3. The first-order chi connectivity index (χ1) is 24.2. The minimum Gasteiger partial charge on any atom is -0.484 e. The Morgan fingerprint density at radius 2 is 1.76 bits per heavy atom. The monoisotopic (exact) mass is 757 g/mol. The van der Waals surface area contributed by atoms with Crippen molar-refractivity contribution in [2.45, 2.75) is 44.1 Å². The summed E-state index contributed by atoms with van der Waals surface area (Å²) in [5, 5.41) is 18.7. The van der Waals surface area contributed by atoms with Crippen molar-refractivity contribution in [3.8, 4) is 0 Å². The number of β-lactam (4-membered cyclic amide) rings is 1. The largest absolute Gasteiger partial charge is 0.484 e. The van der Waals surface area contributed by atoms with E-state index in [2.05, 4.69) is 31.0 Å². The Hall–Kier alpha value is -5.38. The summed E-state index contributed by atoms with van der Waals surface area (Å²) in [6.45, 7) is 2.21. The van der Waals surface area contributed by atoms with Crippen LogP contribution in [0.2, 0.25) is 0 Å². The Bertz CT molecular complexity index is 2020. The molecule has 0 bridgehead atoms. The highest BCUT2D eigenvalue weighted by Gasteiger charge is 2.55. The molecule has 3 heterocycles. The van der Waals surface area contributed by atoms with E-state index in [9.17, 15) is 27.4 Å². The van der Waals surface area contributed by atoms with E-state index in [1.165, 1.54) is 23.9 Å². The SMILES string of the molecule is Cn1nnnc1CC(=S)OC[C@@H]1[C@H](NC(=O)C(=NOC(C)(C)C(=O)OC(c2ccccc2)c2ccccc2)c2csc(N)n2)C(=O)N1S(=O)(=O)O. The molecule has 51 heavy (non-hydrogen) atoms. The number of rotatable bonds is 14. The molecule has 2 aromatic carbocycles. The Balaban J connectivity index is 1.34. The average molecular weight is 758 g/mol. The summed E-state index contributed by atoms with van der Waals surface area (Å²) in [6.07, 6.45) is -0.829. The second kappa shape index (κ2) is 15.2. The number of thiocarbonyl (C=S) groups is 1. The number of hydrogen-bond acceptors (Lipinski definition) is 16. The third kappa shape index (κ3) is 8.68. The van der Waals surface area contributed by atoms with Gasteiger partial charge in [-0.15, -0.1) is 16.4 Å². The maximum absolute atomic E-state index is 13.6. The number of nitrogens with two attached hydrogens (primary N) is 1. The number of aryl methyl sites for hydroxylation is 1. The van der Waals surface area contributed by atoms with Crippen LogP contribution in [0.4, 0.5) is 5.13 Å². The number of nitrogens with zero attached hydrogens (tertiary/aromatic N) is 7. The molecule has 1 aliphatic rings. The molecule has 4 N–H and O–H groups in total. The lowest BCUT2D eigenvalue weighted by Crippen LogP contribution is -2.73. The lowest BCUT2D eigenvalue weighted by atomic mass is 9.99. The van der Waals surface area contributed by atoms with Crippen molar-refractivity contribution in [2.75, 3.05) is 12.3 Å². The minimum absolute atomic E-state index is 0.0303. The van der Waals surface area contributed by atoms with Crippen LogP contribution in [0.5, 0.6) is 0 Å². The molecule has 2 aromatic heterocycles. The molecule has 0 unspecified atom stereocenters. The summed E-state index contributed by atoms with van der Waals surface area (Å²) in [6, 6.07) is 15.1. The van der Waals surface area contributed by atoms with Crippen molar-refractivity contribution in [3.05, 3.63) is 88.7 Å². The van der Waals surface area contributed by atoms with Gasteiger partial charge in [0.1, 0.15) is 24.4 Å². The van der Waals surface area contributed by atoms with Gasteiger partial charge >= 0.3 is 16.3 Å². The van der Waals surface area contributed by atoms with E-state index < -0.39 is 64.2 Å². The van der Waals surface area contributed by atoms with Gasteiger partial charge in [-0.1, -0.05) is 65.8 Å². The quantitative estimate of drug-likeness (QED) is 0.0408. The Morgan fingerprint density at radius 1 is 1.14 bits per heavy atom. The molecule has 18 nitrogen and oxygen atoms in total. The first-order valence-corrected chi connectivity index (χ1v) is 17.6. The van der Waals surface area contributed by atoms with Gasteiger partial charge in [-0.2, -0.15) is 8.42 Å². The van der Waals surface area contributed by atoms with Crippen LogP contribution in [0.3, 0.4) is 0 Å².